The number of furan rings is 1. The topological polar surface area (TPSA) is 38.9 Å². The molecule has 0 spiro atoms. The van der Waals surface area contributed by atoms with Gasteiger partial charge in [0.2, 0.25) is 0 Å². The van der Waals surface area contributed by atoms with Crippen LogP contribution in [-0.4, -0.2) is 9.97 Å². The molecule has 7 rings (SSSR count). The molecule has 4 aromatic carbocycles. The van der Waals surface area contributed by atoms with E-state index in [4.69, 9.17) is 5.79 Å². The third-order valence-electron chi connectivity index (χ3n) is 7.32. The van der Waals surface area contributed by atoms with Crippen LogP contribution in [0.15, 0.2) is 138 Å². The Bertz CT molecular complexity index is 1950. The average Bonchev–Trinajstić information content (AvgIpc) is 3.42. The van der Waals surface area contributed by atoms with Gasteiger partial charge < -0.3 is 9.40 Å². The van der Waals surface area contributed by atoms with Gasteiger partial charge in [0.25, 0.3) is 0 Å². The van der Waals surface area contributed by atoms with Gasteiger partial charge in [0.05, 0.1) is 11.3 Å². The molecule has 3 nitrogen and oxygen atoms in total. The van der Waals surface area contributed by atoms with Crippen LogP contribution in [0.25, 0.3) is 55.9 Å². The standard InChI is InChI=1S/C29H24NO.C11H8N.Ir/c1-19(2)23-14-15-30-27(18-23)24-16-25-20(3)28(22-12-8-5-9-13-22)31-29(25)26(17-24)21-10-6-4-7-11-21;1-2-6-10(7-3-1)11-8-4-5-9-12-11;/h4-15,17-19H,1-3H3;1-6,8-9H;/q2*-1;/i19D;;. The van der Waals surface area contributed by atoms with E-state index in [2.05, 4.69) is 59.4 Å². The summed E-state index contributed by atoms with van der Waals surface area (Å²) in [5.74, 6) is 0.163. The molecule has 0 bridgehead atoms. The molecular weight excluding hydrogens is 717 g/mol. The molecule has 0 fully saturated rings. The second kappa shape index (κ2) is 14.2. The fourth-order valence-electron chi connectivity index (χ4n) is 5.03. The summed E-state index contributed by atoms with van der Waals surface area (Å²) in [5.41, 5.74) is 9.66. The van der Waals surface area contributed by atoms with E-state index in [-0.39, 0.29) is 20.1 Å². The van der Waals surface area contributed by atoms with E-state index in [0.717, 1.165) is 67.1 Å². The average molecular weight is 750 g/mol. The zero-order valence-electron chi connectivity index (χ0n) is 25.8. The van der Waals surface area contributed by atoms with Crippen molar-refractivity contribution < 1.29 is 25.9 Å². The minimum atomic E-state index is -0.698. The maximum Gasteiger partial charge on any atom is 0.0944 e. The van der Waals surface area contributed by atoms with Gasteiger partial charge in [0.1, 0.15) is 0 Å². The van der Waals surface area contributed by atoms with Gasteiger partial charge in [-0.15, -0.1) is 48.0 Å². The molecule has 1 radical (unpaired) electrons. The van der Waals surface area contributed by atoms with Gasteiger partial charge in [0, 0.05) is 45.1 Å². The Labute approximate surface area is 274 Å². The molecule has 0 atom stereocenters. The van der Waals surface area contributed by atoms with Crippen LogP contribution in [0.2, 0.25) is 0 Å². The van der Waals surface area contributed by atoms with Gasteiger partial charge in [-0.1, -0.05) is 116 Å². The number of aryl methyl sites for hydroxylation is 1. The van der Waals surface area contributed by atoms with Crippen molar-refractivity contribution in [2.24, 2.45) is 0 Å². The van der Waals surface area contributed by atoms with Crippen molar-refractivity contribution in [3.8, 4) is 45.0 Å². The number of pyridine rings is 2. The first-order chi connectivity index (χ1) is 21.4. The van der Waals surface area contributed by atoms with Crippen molar-refractivity contribution in [3.63, 3.8) is 0 Å². The Morgan fingerprint density at radius 1 is 0.705 bits per heavy atom. The number of rotatable bonds is 5. The molecule has 7 aromatic rings. The second-order valence-corrected chi connectivity index (χ2v) is 10.5. The van der Waals surface area contributed by atoms with Crippen molar-refractivity contribution in [2.45, 2.75) is 26.7 Å². The zero-order chi connectivity index (χ0) is 30.5. The van der Waals surface area contributed by atoms with Crippen molar-refractivity contribution in [1.82, 2.24) is 9.97 Å². The summed E-state index contributed by atoms with van der Waals surface area (Å²) < 4.78 is 14.9. The summed E-state index contributed by atoms with van der Waals surface area (Å²) >= 11 is 0. The van der Waals surface area contributed by atoms with Crippen molar-refractivity contribution >= 4 is 11.0 Å². The smallest absolute Gasteiger partial charge is 0.0944 e. The van der Waals surface area contributed by atoms with Crippen LogP contribution in [0.4, 0.5) is 0 Å². The van der Waals surface area contributed by atoms with E-state index in [1.54, 1.807) is 12.4 Å². The normalized spacial score (nSPS) is 11.2. The molecule has 4 heteroatoms. The molecule has 0 aliphatic rings. The molecule has 0 unspecified atom stereocenters. The van der Waals surface area contributed by atoms with Crippen molar-refractivity contribution in [1.29, 1.82) is 0 Å². The van der Waals surface area contributed by atoms with E-state index in [0.29, 0.717) is 0 Å². The largest absolute Gasteiger partial charge is 0.499 e. The summed E-state index contributed by atoms with van der Waals surface area (Å²) in [6.07, 6.45) is 3.56. The fraction of sp³-hybridized carbons (Fsp3) is 0.100. The number of hydrogen-bond acceptors (Lipinski definition) is 3. The SMILES string of the molecule is [2H]C(C)(C)c1ccnc(-c2[c-]c3c(C)c(-c4ccccc4)oc3c(-c3ccccc3)c2)c1.[Ir].[c-]1ccccc1-c1ccccn1. The van der Waals surface area contributed by atoms with Gasteiger partial charge in [-0.05, 0) is 40.4 Å². The Morgan fingerprint density at radius 3 is 2.05 bits per heavy atom. The van der Waals surface area contributed by atoms with E-state index in [1.165, 1.54) is 0 Å². The second-order valence-electron chi connectivity index (χ2n) is 10.5. The number of benzene rings is 4. The first-order valence-electron chi connectivity index (χ1n) is 14.8. The predicted octanol–water partition coefficient (Wildman–Crippen LogP) is 10.6. The van der Waals surface area contributed by atoms with Crippen LogP contribution < -0.4 is 0 Å². The van der Waals surface area contributed by atoms with Crippen LogP contribution in [-0.2, 0) is 20.1 Å². The minimum absolute atomic E-state index is 0. The summed E-state index contributed by atoms with van der Waals surface area (Å²) in [5, 5.41) is 0.956. The first kappa shape index (κ1) is 29.4. The molecule has 219 valence electrons. The molecule has 0 saturated heterocycles. The molecule has 3 aromatic heterocycles. The van der Waals surface area contributed by atoms with Crippen molar-refractivity contribution in [2.75, 3.05) is 0 Å². The third kappa shape index (κ3) is 6.78. The minimum Gasteiger partial charge on any atom is -0.499 e. The molecule has 0 aliphatic carbocycles. The Morgan fingerprint density at radius 2 is 1.39 bits per heavy atom. The van der Waals surface area contributed by atoms with Crippen LogP contribution >= 0.6 is 0 Å². The van der Waals surface area contributed by atoms with Gasteiger partial charge in [-0.3, -0.25) is 4.98 Å². The Kier molecular flexibility index (Phi) is 9.52. The molecule has 0 N–H and O–H groups in total. The quantitative estimate of drug-likeness (QED) is 0.165. The summed E-state index contributed by atoms with van der Waals surface area (Å²) in [7, 11) is 0. The number of hydrogen-bond donors (Lipinski definition) is 0. The van der Waals surface area contributed by atoms with Crippen LogP contribution in [0.5, 0.6) is 0 Å². The van der Waals surface area contributed by atoms with Crippen LogP contribution in [0, 0.1) is 19.1 Å². The van der Waals surface area contributed by atoms with E-state index >= 15 is 0 Å². The molecule has 3 heterocycles. The summed E-state index contributed by atoms with van der Waals surface area (Å²) in [6.45, 7) is 5.86. The fourth-order valence-corrected chi connectivity index (χ4v) is 5.03. The number of nitrogens with zero attached hydrogens (tertiary/aromatic N) is 2. The number of aromatic nitrogens is 2. The maximum absolute atomic E-state index is 8.42. The van der Waals surface area contributed by atoms with Gasteiger partial charge in [-0.25, -0.2) is 0 Å². The molecule has 0 amide bonds. The van der Waals surface area contributed by atoms with E-state index in [9.17, 15) is 0 Å². The molecule has 44 heavy (non-hydrogen) atoms. The molecular formula is C40H32IrN2O-2. The zero-order valence-corrected chi connectivity index (χ0v) is 27.2. The summed E-state index contributed by atoms with van der Waals surface area (Å²) in [6, 6.07) is 46.8. The maximum atomic E-state index is 8.42. The van der Waals surface area contributed by atoms with Crippen LogP contribution in [0.1, 0.15) is 32.2 Å². The van der Waals surface area contributed by atoms with Gasteiger partial charge in [0.15, 0.2) is 0 Å². The Hall–Kier alpha value is -4.63. The third-order valence-corrected chi connectivity index (χ3v) is 7.32. The molecule has 0 aliphatic heterocycles. The predicted molar refractivity (Wildman–Crippen MR) is 176 cm³/mol. The summed E-state index contributed by atoms with van der Waals surface area (Å²) in [4.78, 5) is 8.83. The Balaban J connectivity index is 0.000000258. The van der Waals surface area contributed by atoms with Crippen LogP contribution in [0.3, 0.4) is 0 Å². The molecule has 0 saturated carbocycles. The first-order valence-corrected chi connectivity index (χ1v) is 14.3. The van der Waals surface area contributed by atoms with E-state index < -0.39 is 5.89 Å². The number of fused-ring (bicyclic) bond motifs is 1. The monoisotopic (exact) mass is 750 g/mol. The van der Waals surface area contributed by atoms with E-state index in [1.807, 2.05) is 105 Å². The van der Waals surface area contributed by atoms with Gasteiger partial charge >= 0.3 is 0 Å². The van der Waals surface area contributed by atoms with Crippen molar-refractivity contribution in [3.05, 3.63) is 157 Å². The van der Waals surface area contributed by atoms with Gasteiger partial charge in [-0.2, -0.15) is 0 Å².